The standard InChI is InChI=1S/C76H85BN2S/c1-44-34-64-67-65(35-44)79(62-30-26-48(70(2,3)4)39-55(62)45-36-50(72(8,9)10)38-51(37-45)73(11,12)13)63-31-27-49(71(5,6)7)40-61(63)77(67)69-68(56-42-59-60(43-66(56)80-69)75(16,17)33-32-74(59,14)15)78(64)52-28-29-54-53-20-18-19-21-57(53)76(58(54)41-52)46-22-23-47(76)25-24-46/h18-21,26-31,34-43,46-47H,22-25,32-33H2,1-17H3. The van der Waals surface area contributed by atoms with Crippen molar-refractivity contribution >= 4 is 78.0 Å². The number of thiophene rings is 1. The first-order valence-electron chi connectivity index (χ1n) is 30.6. The zero-order valence-corrected chi connectivity index (χ0v) is 52.1. The third-order valence-electron chi connectivity index (χ3n) is 21.1. The molecule has 0 unspecified atom stereocenters. The lowest BCUT2D eigenvalue weighted by Gasteiger charge is -2.44. The lowest BCUT2D eigenvalue weighted by atomic mass is 9.36. The van der Waals surface area contributed by atoms with Crippen LogP contribution in [0.15, 0.2) is 121 Å². The van der Waals surface area contributed by atoms with Crippen molar-refractivity contribution in [1.29, 1.82) is 0 Å². The van der Waals surface area contributed by atoms with E-state index in [0.717, 1.165) is 0 Å². The van der Waals surface area contributed by atoms with Crippen LogP contribution in [-0.4, -0.2) is 6.71 Å². The smallest absolute Gasteiger partial charge is 0.264 e. The molecular formula is C76H85BN2S. The Labute approximate surface area is 484 Å². The summed E-state index contributed by atoms with van der Waals surface area (Å²) in [5.41, 5.74) is 29.3. The van der Waals surface area contributed by atoms with Crippen molar-refractivity contribution in [3.05, 3.63) is 171 Å². The lowest BCUT2D eigenvalue weighted by Crippen LogP contribution is -2.60. The monoisotopic (exact) mass is 1070 g/mol. The van der Waals surface area contributed by atoms with Crippen molar-refractivity contribution in [3.8, 4) is 22.3 Å². The number of anilines is 6. The minimum Gasteiger partial charge on any atom is -0.311 e. The molecule has 2 saturated carbocycles. The maximum atomic E-state index is 2.81. The Morgan fingerprint density at radius 3 is 1.64 bits per heavy atom. The second-order valence-electron chi connectivity index (χ2n) is 31.3. The van der Waals surface area contributed by atoms with E-state index in [9.17, 15) is 0 Å². The molecule has 1 aromatic heterocycles. The summed E-state index contributed by atoms with van der Waals surface area (Å²) < 4.78 is 2.89. The molecule has 0 radical (unpaired) electrons. The number of hydrogen-bond donors (Lipinski definition) is 0. The second kappa shape index (κ2) is 16.9. The first-order valence-corrected chi connectivity index (χ1v) is 31.4. The zero-order chi connectivity index (χ0) is 56.3. The molecule has 14 rings (SSSR count). The summed E-state index contributed by atoms with van der Waals surface area (Å²) in [5, 5.41) is 1.41. The second-order valence-corrected chi connectivity index (χ2v) is 32.4. The summed E-state index contributed by atoms with van der Waals surface area (Å²) in [5.74, 6) is 1.36. The maximum Gasteiger partial charge on any atom is 0.264 e. The number of rotatable bonds is 3. The van der Waals surface area contributed by atoms with Gasteiger partial charge in [-0.1, -0.05) is 178 Å². The van der Waals surface area contributed by atoms with E-state index in [-0.39, 0.29) is 44.6 Å². The molecule has 0 amide bonds. The Kier molecular flexibility index (Phi) is 11.0. The van der Waals surface area contributed by atoms with E-state index in [2.05, 4.69) is 260 Å². The van der Waals surface area contributed by atoms with Crippen molar-refractivity contribution in [1.82, 2.24) is 0 Å². The van der Waals surface area contributed by atoms with E-state index in [1.807, 2.05) is 0 Å². The van der Waals surface area contributed by atoms with Crippen LogP contribution in [0.1, 0.15) is 199 Å². The minimum atomic E-state index is -0.0516. The summed E-state index contributed by atoms with van der Waals surface area (Å²) in [6, 6.07) is 50.4. The van der Waals surface area contributed by atoms with Gasteiger partial charge in [-0.2, -0.15) is 0 Å². The quantitative estimate of drug-likeness (QED) is 0.163. The van der Waals surface area contributed by atoms with Gasteiger partial charge in [0.2, 0.25) is 0 Å². The van der Waals surface area contributed by atoms with Crippen LogP contribution >= 0.6 is 11.3 Å². The molecule has 3 heterocycles. The number of aryl methyl sites for hydroxylation is 1. The van der Waals surface area contributed by atoms with Crippen molar-refractivity contribution in [2.75, 3.05) is 9.80 Å². The van der Waals surface area contributed by atoms with Crippen LogP contribution in [0.25, 0.3) is 32.3 Å². The molecule has 0 saturated heterocycles. The average molecular weight is 1070 g/mol. The van der Waals surface area contributed by atoms with Crippen molar-refractivity contribution in [2.24, 2.45) is 11.8 Å². The summed E-state index contributed by atoms with van der Waals surface area (Å²) >= 11 is 2.09. The SMILES string of the molecule is Cc1cc2c3c(c1)N(c1ccc4c(c1)C1(c5ccccc5-4)C4CCC1CC4)c1c(sc4cc5c(cc14)C(C)(C)CCC5(C)C)B3c1cc(C(C)(C)C)ccc1N2c1ccc(C(C)(C)C)cc1-c1cc(C(C)(C)C)cc(C(C)(C)C)c1. The lowest BCUT2D eigenvalue weighted by molar-refractivity contribution is 0.332. The molecule has 1 spiro atoms. The highest BCUT2D eigenvalue weighted by Crippen LogP contribution is 2.68. The van der Waals surface area contributed by atoms with E-state index < -0.39 is 0 Å². The minimum absolute atomic E-state index is 0.0283. The number of hydrogen-bond acceptors (Lipinski definition) is 3. The highest BCUT2D eigenvalue weighted by atomic mass is 32.1. The number of benzene rings is 7. The third-order valence-corrected chi connectivity index (χ3v) is 22.3. The molecule has 408 valence electrons. The molecular weight excluding hydrogens is 984 g/mol. The number of fused-ring (bicyclic) bond motifs is 10. The molecule has 2 bridgehead atoms. The average Bonchev–Trinajstić information content (AvgIpc) is 1.87. The van der Waals surface area contributed by atoms with Gasteiger partial charge in [0.05, 0.1) is 11.4 Å². The fourth-order valence-corrected chi connectivity index (χ4v) is 17.8. The molecule has 2 nitrogen and oxygen atoms in total. The highest BCUT2D eigenvalue weighted by molar-refractivity contribution is 7.33. The van der Waals surface area contributed by atoms with Crippen molar-refractivity contribution < 1.29 is 0 Å². The van der Waals surface area contributed by atoms with E-state index in [4.69, 9.17) is 0 Å². The van der Waals surface area contributed by atoms with Crippen LogP contribution in [-0.2, 0) is 37.9 Å². The molecule has 4 aliphatic carbocycles. The Morgan fingerprint density at radius 1 is 0.475 bits per heavy atom. The van der Waals surface area contributed by atoms with Crippen LogP contribution in [0.4, 0.5) is 34.1 Å². The van der Waals surface area contributed by atoms with Gasteiger partial charge in [0.15, 0.2) is 0 Å². The first kappa shape index (κ1) is 52.3. The van der Waals surface area contributed by atoms with Crippen LogP contribution in [0, 0.1) is 18.8 Å². The largest absolute Gasteiger partial charge is 0.311 e. The van der Waals surface area contributed by atoms with Crippen LogP contribution in [0.3, 0.4) is 0 Å². The van der Waals surface area contributed by atoms with Gasteiger partial charge in [0.1, 0.15) is 0 Å². The molecule has 8 aromatic rings. The molecule has 2 aliphatic heterocycles. The van der Waals surface area contributed by atoms with Crippen LogP contribution in [0.5, 0.6) is 0 Å². The van der Waals surface area contributed by atoms with Gasteiger partial charge in [-0.3, -0.25) is 0 Å². The van der Waals surface area contributed by atoms with Crippen LogP contribution < -0.4 is 25.5 Å². The van der Waals surface area contributed by atoms with Gasteiger partial charge in [-0.15, -0.1) is 11.3 Å². The topological polar surface area (TPSA) is 6.48 Å². The molecule has 7 aromatic carbocycles. The van der Waals surface area contributed by atoms with Gasteiger partial charge in [0.25, 0.3) is 6.71 Å². The van der Waals surface area contributed by atoms with E-state index in [1.165, 1.54) is 160 Å². The fourth-order valence-electron chi connectivity index (χ4n) is 16.4. The fraction of sp³-hybridized carbons (Fsp3) is 0.421. The first-order chi connectivity index (χ1) is 37.6. The van der Waals surface area contributed by atoms with Crippen LogP contribution in [0.2, 0.25) is 0 Å². The normalized spacial score (nSPS) is 21.2. The summed E-state index contributed by atoms with van der Waals surface area (Å²) in [6.45, 7) is 41.0. The summed E-state index contributed by atoms with van der Waals surface area (Å²) in [6.07, 6.45) is 7.71. The molecule has 0 atom stereocenters. The summed E-state index contributed by atoms with van der Waals surface area (Å²) in [4.78, 5) is 5.53. The van der Waals surface area contributed by atoms with E-state index >= 15 is 0 Å². The Hall–Kier alpha value is -5.84. The molecule has 2 fully saturated rings. The zero-order valence-electron chi connectivity index (χ0n) is 51.3. The van der Waals surface area contributed by atoms with E-state index in [0.29, 0.717) is 11.8 Å². The van der Waals surface area contributed by atoms with Crippen molar-refractivity contribution in [3.63, 3.8) is 0 Å². The Morgan fingerprint density at radius 2 is 1.02 bits per heavy atom. The number of nitrogens with zero attached hydrogens (tertiary/aromatic N) is 2. The Bertz CT molecular complexity index is 3890. The highest BCUT2D eigenvalue weighted by Gasteiger charge is 2.60. The van der Waals surface area contributed by atoms with Crippen molar-refractivity contribution in [2.45, 2.75) is 194 Å². The maximum absolute atomic E-state index is 2.81. The van der Waals surface area contributed by atoms with Gasteiger partial charge in [-0.05, 0) is 222 Å². The third kappa shape index (κ3) is 7.47. The van der Waals surface area contributed by atoms with Gasteiger partial charge < -0.3 is 9.80 Å². The Balaban J connectivity index is 1.10. The molecule has 6 aliphatic rings. The summed E-state index contributed by atoms with van der Waals surface area (Å²) in [7, 11) is 0. The predicted octanol–water partition coefficient (Wildman–Crippen LogP) is 19.6. The molecule has 80 heavy (non-hydrogen) atoms. The van der Waals surface area contributed by atoms with Gasteiger partial charge in [0, 0.05) is 48.6 Å². The molecule has 4 heteroatoms. The molecule has 0 N–H and O–H groups in total. The predicted molar refractivity (Wildman–Crippen MR) is 348 cm³/mol. The van der Waals surface area contributed by atoms with Gasteiger partial charge in [-0.25, -0.2) is 0 Å². The van der Waals surface area contributed by atoms with Gasteiger partial charge >= 0.3 is 0 Å². The van der Waals surface area contributed by atoms with E-state index in [1.54, 1.807) is 11.1 Å².